The highest BCUT2D eigenvalue weighted by Crippen LogP contribution is 2.18. The van der Waals surface area contributed by atoms with Gasteiger partial charge in [0, 0.05) is 31.4 Å². The Bertz CT molecular complexity index is 351. The van der Waals surface area contributed by atoms with Crippen molar-refractivity contribution in [3.8, 4) is 0 Å². The van der Waals surface area contributed by atoms with E-state index in [1.807, 2.05) is 4.68 Å². The summed E-state index contributed by atoms with van der Waals surface area (Å²) in [6.45, 7) is 7.18. The van der Waals surface area contributed by atoms with Crippen molar-refractivity contribution in [2.75, 3.05) is 13.1 Å². The Morgan fingerprint density at radius 2 is 2.22 bits per heavy atom. The highest BCUT2D eigenvalue weighted by atomic mass is 35.5. The SMILES string of the molecule is CC(C)n1ccc(CN2CCCCC2CN)n1.Cl. The van der Waals surface area contributed by atoms with Crippen LogP contribution in [0.25, 0.3) is 0 Å². The van der Waals surface area contributed by atoms with E-state index < -0.39 is 0 Å². The van der Waals surface area contributed by atoms with Gasteiger partial charge in [-0.15, -0.1) is 12.4 Å². The Labute approximate surface area is 116 Å². The number of hydrogen-bond donors (Lipinski definition) is 1. The minimum atomic E-state index is 0. The molecule has 0 saturated carbocycles. The summed E-state index contributed by atoms with van der Waals surface area (Å²) >= 11 is 0. The van der Waals surface area contributed by atoms with E-state index in [0.29, 0.717) is 12.1 Å². The number of hydrogen-bond acceptors (Lipinski definition) is 3. The van der Waals surface area contributed by atoms with Crippen molar-refractivity contribution < 1.29 is 0 Å². The van der Waals surface area contributed by atoms with E-state index in [9.17, 15) is 0 Å². The van der Waals surface area contributed by atoms with Crippen LogP contribution in [0, 0.1) is 0 Å². The summed E-state index contributed by atoms with van der Waals surface area (Å²) in [5, 5.41) is 4.61. The Hall–Kier alpha value is -0.580. The van der Waals surface area contributed by atoms with E-state index in [-0.39, 0.29) is 12.4 Å². The van der Waals surface area contributed by atoms with E-state index in [0.717, 1.165) is 19.6 Å². The third kappa shape index (κ3) is 3.70. The first-order valence-electron chi connectivity index (χ1n) is 6.69. The minimum Gasteiger partial charge on any atom is -0.329 e. The molecule has 0 bridgehead atoms. The predicted molar refractivity (Wildman–Crippen MR) is 77.0 cm³/mol. The normalized spacial score (nSPS) is 21.0. The largest absolute Gasteiger partial charge is 0.329 e. The lowest BCUT2D eigenvalue weighted by molar-refractivity contribution is 0.142. The predicted octanol–water partition coefficient (Wildman–Crippen LogP) is 2.20. The molecule has 2 heterocycles. The van der Waals surface area contributed by atoms with Gasteiger partial charge in [0.15, 0.2) is 0 Å². The van der Waals surface area contributed by atoms with Gasteiger partial charge < -0.3 is 5.73 Å². The van der Waals surface area contributed by atoms with Gasteiger partial charge >= 0.3 is 0 Å². The molecule has 1 fully saturated rings. The highest BCUT2D eigenvalue weighted by molar-refractivity contribution is 5.85. The zero-order chi connectivity index (χ0) is 12.3. The van der Waals surface area contributed by atoms with Crippen LogP contribution in [0.15, 0.2) is 12.3 Å². The molecule has 18 heavy (non-hydrogen) atoms. The Morgan fingerprint density at radius 3 is 2.83 bits per heavy atom. The lowest BCUT2D eigenvalue weighted by atomic mass is 10.0. The first-order valence-corrected chi connectivity index (χ1v) is 6.69. The molecule has 1 aromatic heterocycles. The zero-order valence-corrected chi connectivity index (χ0v) is 12.2. The van der Waals surface area contributed by atoms with Gasteiger partial charge in [0.2, 0.25) is 0 Å². The van der Waals surface area contributed by atoms with Crippen molar-refractivity contribution in [3.63, 3.8) is 0 Å². The van der Waals surface area contributed by atoms with E-state index in [1.165, 1.54) is 25.0 Å². The van der Waals surface area contributed by atoms with Crippen molar-refractivity contribution in [1.82, 2.24) is 14.7 Å². The number of nitrogens with two attached hydrogens (primary N) is 1. The molecule has 0 radical (unpaired) electrons. The maximum atomic E-state index is 5.83. The number of likely N-dealkylation sites (tertiary alicyclic amines) is 1. The number of rotatable bonds is 4. The van der Waals surface area contributed by atoms with Crippen molar-refractivity contribution in [2.24, 2.45) is 5.73 Å². The first-order chi connectivity index (χ1) is 8.20. The molecule has 2 N–H and O–H groups in total. The summed E-state index contributed by atoms with van der Waals surface area (Å²) in [6, 6.07) is 3.12. The van der Waals surface area contributed by atoms with E-state index >= 15 is 0 Å². The highest BCUT2D eigenvalue weighted by Gasteiger charge is 2.21. The molecular weight excluding hydrogens is 248 g/mol. The van der Waals surface area contributed by atoms with E-state index in [1.54, 1.807) is 0 Å². The summed E-state index contributed by atoms with van der Waals surface area (Å²) in [6.07, 6.45) is 5.92. The molecule has 0 spiro atoms. The molecule has 1 aliphatic rings. The molecule has 2 rings (SSSR count). The Morgan fingerprint density at radius 1 is 1.44 bits per heavy atom. The lowest BCUT2D eigenvalue weighted by Crippen LogP contribution is -2.43. The van der Waals surface area contributed by atoms with Crippen molar-refractivity contribution in [1.29, 1.82) is 0 Å². The third-order valence-electron chi connectivity index (χ3n) is 3.58. The van der Waals surface area contributed by atoms with Gasteiger partial charge in [0.25, 0.3) is 0 Å². The fourth-order valence-electron chi connectivity index (χ4n) is 2.49. The van der Waals surface area contributed by atoms with Crippen LogP contribution in [0.3, 0.4) is 0 Å². The molecule has 0 aliphatic carbocycles. The molecule has 104 valence electrons. The van der Waals surface area contributed by atoms with Crippen molar-refractivity contribution in [3.05, 3.63) is 18.0 Å². The standard InChI is InChI=1S/C13H24N4.ClH/c1-11(2)17-8-6-12(15-17)10-16-7-4-3-5-13(16)9-14;/h6,8,11,13H,3-5,7,9-10,14H2,1-2H3;1H. The smallest absolute Gasteiger partial charge is 0.0765 e. The fraction of sp³-hybridized carbons (Fsp3) is 0.769. The van der Waals surface area contributed by atoms with Crippen LogP contribution in [0.1, 0.15) is 44.8 Å². The molecule has 1 aliphatic heterocycles. The second kappa shape index (κ2) is 7.12. The van der Waals surface area contributed by atoms with Crippen LogP contribution >= 0.6 is 12.4 Å². The molecule has 0 amide bonds. The van der Waals surface area contributed by atoms with Gasteiger partial charge in [0.05, 0.1) is 5.69 Å². The second-order valence-corrected chi connectivity index (χ2v) is 5.24. The monoisotopic (exact) mass is 272 g/mol. The topological polar surface area (TPSA) is 47.1 Å². The van der Waals surface area contributed by atoms with Crippen molar-refractivity contribution >= 4 is 12.4 Å². The summed E-state index contributed by atoms with van der Waals surface area (Å²) in [7, 11) is 0. The third-order valence-corrected chi connectivity index (χ3v) is 3.58. The second-order valence-electron chi connectivity index (χ2n) is 5.24. The fourth-order valence-corrected chi connectivity index (χ4v) is 2.49. The van der Waals surface area contributed by atoms with Gasteiger partial charge in [-0.05, 0) is 39.3 Å². The van der Waals surface area contributed by atoms with Gasteiger partial charge in [-0.2, -0.15) is 5.10 Å². The molecule has 4 nitrogen and oxygen atoms in total. The summed E-state index contributed by atoms with van der Waals surface area (Å²) < 4.78 is 2.02. The minimum absolute atomic E-state index is 0. The summed E-state index contributed by atoms with van der Waals surface area (Å²) in [5.74, 6) is 0. The summed E-state index contributed by atoms with van der Waals surface area (Å²) in [4.78, 5) is 2.48. The van der Waals surface area contributed by atoms with Crippen LogP contribution in [-0.4, -0.2) is 33.8 Å². The quantitative estimate of drug-likeness (QED) is 0.914. The van der Waals surface area contributed by atoms with Crippen LogP contribution in [0.2, 0.25) is 0 Å². The molecular formula is C13H25ClN4. The molecule has 1 atom stereocenters. The summed E-state index contributed by atoms with van der Waals surface area (Å²) in [5.41, 5.74) is 7.00. The number of halogens is 1. The molecule has 0 aromatic carbocycles. The number of aromatic nitrogens is 2. The van der Waals surface area contributed by atoms with Crippen LogP contribution in [-0.2, 0) is 6.54 Å². The van der Waals surface area contributed by atoms with Crippen LogP contribution in [0.4, 0.5) is 0 Å². The molecule has 1 saturated heterocycles. The molecule has 1 unspecified atom stereocenters. The maximum Gasteiger partial charge on any atom is 0.0765 e. The Kier molecular flexibility index (Phi) is 6.12. The average molecular weight is 273 g/mol. The molecule has 5 heteroatoms. The first kappa shape index (κ1) is 15.5. The number of nitrogens with zero attached hydrogens (tertiary/aromatic N) is 3. The number of piperidine rings is 1. The van der Waals surface area contributed by atoms with Gasteiger partial charge in [0.1, 0.15) is 0 Å². The van der Waals surface area contributed by atoms with Gasteiger partial charge in [-0.3, -0.25) is 9.58 Å². The zero-order valence-electron chi connectivity index (χ0n) is 11.4. The maximum absolute atomic E-state index is 5.83. The van der Waals surface area contributed by atoms with E-state index in [2.05, 4.69) is 36.1 Å². The van der Waals surface area contributed by atoms with Gasteiger partial charge in [-0.1, -0.05) is 6.42 Å². The lowest BCUT2D eigenvalue weighted by Gasteiger charge is -2.34. The van der Waals surface area contributed by atoms with Crippen LogP contribution in [0.5, 0.6) is 0 Å². The van der Waals surface area contributed by atoms with Crippen molar-refractivity contribution in [2.45, 2.75) is 51.7 Å². The average Bonchev–Trinajstić information content (AvgIpc) is 2.78. The molecule has 1 aromatic rings. The van der Waals surface area contributed by atoms with Crippen LogP contribution < -0.4 is 5.73 Å². The van der Waals surface area contributed by atoms with E-state index in [4.69, 9.17) is 5.73 Å². The Balaban J connectivity index is 0.00000162. The van der Waals surface area contributed by atoms with Gasteiger partial charge in [-0.25, -0.2) is 0 Å².